The second-order valence-electron chi connectivity index (χ2n) is 16.6. The second-order valence-corrected chi connectivity index (χ2v) is 16.6. The van der Waals surface area contributed by atoms with E-state index in [1.54, 1.807) is 9.80 Å². The number of nitrogens with zero attached hydrogens (tertiary/aromatic N) is 3. The van der Waals surface area contributed by atoms with E-state index in [1.165, 1.54) is 154 Å². The zero-order valence-electron chi connectivity index (χ0n) is 40.4. The van der Waals surface area contributed by atoms with E-state index >= 15 is 0 Å². The summed E-state index contributed by atoms with van der Waals surface area (Å²) in [4.78, 5) is 29.0. The molecule has 0 rings (SSSR count). The molecular formula is C50H103N3O8. The smallest absolute Gasteiger partial charge is 0.222 e. The summed E-state index contributed by atoms with van der Waals surface area (Å²) in [6, 6.07) is 0. The van der Waals surface area contributed by atoms with E-state index in [9.17, 15) is 9.59 Å². The molecule has 0 aromatic carbocycles. The molecule has 0 spiro atoms. The van der Waals surface area contributed by atoms with Crippen LogP contribution in [0.15, 0.2) is 12.2 Å². The molecule has 6 N–H and O–H groups in total. The molecule has 0 aromatic rings. The molecule has 0 radical (unpaired) electrons. The van der Waals surface area contributed by atoms with Crippen LogP contribution < -0.4 is 0 Å². The number of unbranched alkanes of at least 4 members (excludes halogenated alkanes) is 25. The lowest BCUT2D eigenvalue weighted by atomic mass is 10.0. The van der Waals surface area contributed by atoms with Gasteiger partial charge in [-0.05, 0) is 45.1 Å². The van der Waals surface area contributed by atoms with Gasteiger partial charge in [0.05, 0.1) is 39.6 Å². The monoisotopic (exact) mass is 874 g/mol. The molecule has 0 aliphatic carbocycles. The molecule has 366 valence electrons. The van der Waals surface area contributed by atoms with Crippen LogP contribution in [0.1, 0.15) is 213 Å². The van der Waals surface area contributed by atoms with Gasteiger partial charge in [0.25, 0.3) is 0 Å². The highest BCUT2D eigenvalue weighted by atomic mass is 16.3. The van der Waals surface area contributed by atoms with E-state index in [1.807, 2.05) is 11.8 Å². The number of carbonyl (C=O) groups is 2. The van der Waals surface area contributed by atoms with Gasteiger partial charge in [-0.15, -0.1) is 0 Å². The summed E-state index contributed by atoms with van der Waals surface area (Å²) in [5, 5.41) is 52.7. The highest BCUT2D eigenvalue weighted by molar-refractivity contribution is 5.76. The maximum absolute atomic E-state index is 12.0. The van der Waals surface area contributed by atoms with Crippen molar-refractivity contribution >= 4 is 11.8 Å². The van der Waals surface area contributed by atoms with Crippen molar-refractivity contribution in [1.29, 1.82) is 0 Å². The summed E-state index contributed by atoms with van der Waals surface area (Å²) in [6.45, 7) is 10.2. The lowest BCUT2D eigenvalue weighted by Crippen LogP contribution is -2.35. The molecule has 61 heavy (non-hydrogen) atoms. The summed E-state index contributed by atoms with van der Waals surface area (Å²) in [7, 11) is 0. The number of hydrogen-bond donors (Lipinski definition) is 6. The Hall–Kier alpha value is -1.60. The topological polar surface area (TPSA) is 165 Å². The number of aliphatic hydroxyl groups excluding tert-OH is 6. The molecule has 0 fully saturated rings. The van der Waals surface area contributed by atoms with Gasteiger partial charge >= 0.3 is 0 Å². The van der Waals surface area contributed by atoms with E-state index in [4.69, 9.17) is 30.6 Å². The Kier molecular flexibility index (Phi) is 58.9. The summed E-state index contributed by atoms with van der Waals surface area (Å²) < 4.78 is 0. The Morgan fingerprint density at radius 1 is 0.344 bits per heavy atom. The molecule has 11 nitrogen and oxygen atoms in total. The van der Waals surface area contributed by atoms with Crippen molar-refractivity contribution in [3.63, 3.8) is 0 Å². The van der Waals surface area contributed by atoms with E-state index < -0.39 is 0 Å². The van der Waals surface area contributed by atoms with Crippen molar-refractivity contribution in [3.05, 3.63) is 12.2 Å². The van der Waals surface area contributed by atoms with Crippen molar-refractivity contribution in [2.24, 2.45) is 0 Å². The standard InChI is InChI=1S/C22H45NO3.C22H43NO3.C6H15NO2/c2*1-2-3-4-5-6-7-8-9-10-11-12-13-14-15-16-17-22(26)23(18-20-24)19-21-25;1-2-7(3-5-8)4-6-9/h24-25H,2-21H2,1H3;9-10,24-25H,2-8,11-21H2,1H3;8-9H,2-6H2,1H3/b;10-9-;. The Labute approximate surface area is 376 Å². The van der Waals surface area contributed by atoms with Crippen molar-refractivity contribution in [2.75, 3.05) is 85.5 Å². The van der Waals surface area contributed by atoms with E-state index in [0.29, 0.717) is 52.1 Å². The molecule has 11 heteroatoms. The summed E-state index contributed by atoms with van der Waals surface area (Å²) in [5.74, 6) is 0.105. The lowest BCUT2D eigenvalue weighted by Gasteiger charge is -2.20. The fraction of sp³-hybridized carbons (Fsp3) is 0.920. The highest BCUT2D eigenvalue weighted by Crippen LogP contribution is 2.15. The van der Waals surface area contributed by atoms with E-state index in [0.717, 1.165) is 32.2 Å². The van der Waals surface area contributed by atoms with Crippen LogP contribution in [0.5, 0.6) is 0 Å². The molecule has 0 aliphatic heterocycles. The Morgan fingerprint density at radius 2 is 0.590 bits per heavy atom. The van der Waals surface area contributed by atoms with E-state index in [-0.39, 0.29) is 51.5 Å². The van der Waals surface area contributed by atoms with Gasteiger partial charge in [-0.1, -0.05) is 174 Å². The van der Waals surface area contributed by atoms with Crippen LogP contribution in [-0.2, 0) is 9.59 Å². The van der Waals surface area contributed by atoms with Crippen LogP contribution in [0, 0.1) is 0 Å². The molecule has 0 bridgehead atoms. The van der Waals surface area contributed by atoms with Crippen LogP contribution in [0.4, 0.5) is 0 Å². The van der Waals surface area contributed by atoms with Gasteiger partial charge in [0.15, 0.2) is 0 Å². The van der Waals surface area contributed by atoms with Crippen molar-refractivity contribution in [2.45, 2.75) is 213 Å². The molecule has 0 saturated carbocycles. The normalized spacial score (nSPS) is 11.1. The summed E-state index contributed by atoms with van der Waals surface area (Å²) in [6.07, 6.45) is 41.8. The van der Waals surface area contributed by atoms with Crippen LogP contribution in [-0.4, -0.2) is 143 Å². The van der Waals surface area contributed by atoms with Gasteiger partial charge in [0, 0.05) is 52.1 Å². The third-order valence-electron chi connectivity index (χ3n) is 11.1. The van der Waals surface area contributed by atoms with Gasteiger partial charge < -0.3 is 40.4 Å². The largest absolute Gasteiger partial charge is 0.395 e. The number of allylic oxidation sites excluding steroid dienone is 2. The highest BCUT2D eigenvalue weighted by Gasteiger charge is 2.12. The third-order valence-corrected chi connectivity index (χ3v) is 11.1. The SMILES string of the molecule is CCCCCCCC/C=C\CCCCCCCC(=O)N(CCO)CCO.CCCCCCCCCCCCCCCCCC(=O)N(CCO)CCO.CCN(CCO)CCO. The predicted octanol–water partition coefficient (Wildman–Crippen LogP) is 9.19. The molecule has 0 saturated heterocycles. The number of aliphatic hydroxyl groups is 6. The maximum Gasteiger partial charge on any atom is 0.222 e. The fourth-order valence-electron chi connectivity index (χ4n) is 7.23. The number of likely N-dealkylation sites (N-methyl/N-ethyl adjacent to an activating group) is 1. The first-order chi connectivity index (χ1) is 29.9. The molecule has 0 atom stereocenters. The molecule has 0 aromatic heterocycles. The minimum Gasteiger partial charge on any atom is -0.395 e. The molecule has 0 heterocycles. The first-order valence-corrected chi connectivity index (χ1v) is 25.4. The van der Waals surface area contributed by atoms with Crippen molar-refractivity contribution in [3.8, 4) is 0 Å². The Balaban J connectivity index is -0.000000918. The number of amides is 2. The first-order valence-electron chi connectivity index (χ1n) is 25.4. The molecule has 0 unspecified atom stereocenters. The second kappa shape index (κ2) is 56.4. The molecule has 2 amide bonds. The third kappa shape index (κ3) is 50.9. The van der Waals surface area contributed by atoms with Crippen LogP contribution >= 0.6 is 0 Å². The fourth-order valence-corrected chi connectivity index (χ4v) is 7.23. The minimum atomic E-state index is -0.0435. The Bertz CT molecular complexity index is 864. The number of rotatable bonds is 44. The van der Waals surface area contributed by atoms with Gasteiger partial charge in [-0.3, -0.25) is 14.5 Å². The Morgan fingerprint density at radius 3 is 0.836 bits per heavy atom. The average molecular weight is 874 g/mol. The van der Waals surface area contributed by atoms with Crippen LogP contribution in [0.3, 0.4) is 0 Å². The van der Waals surface area contributed by atoms with Crippen LogP contribution in [0.2, 0.25) is 0 Å². The molecular weight excluding hydrogens is 771 g/mol. The molecule has 0 aliphatic rings. The zero-order chi connectivity index (χ0) is 45.7. The predicted molar refractivity (Wildman–Crippen MR) is 257 cm³/mol. The van der Waals surface area contributed by atoms with Gasteiger partial charge in [0.2, 0.25) is 11.8 Å². The van der Waals surface area contributed by atoms with E-state index in [2.05, 4.69) is 26.0 Å². The maximum atomic E-state index is 12.0. The number of carbonyl (C=O) groups excluding carboxylic acids is 2. The number of hydrogen-bond acceptors (Lipinski definition) is 9. The van der Waals surface area contributed by atoms with Gasteiger partial charge in [-0.2, -0.15) is 0 Å². The summed E-state index contributed by atoms with van der Waals surface area (Å²) in [5.41, 5.74) is 0. The zero-order valence-corrected chi connectivity index (χ0v) is 40.4. The van der Waals surface area contributed by atoms with Crippen molar-refractivity contribution in [1.82, 2.24) is 14.7 Å². The average Bonchev–Trinajstić information content (AvgIpc) is 3.26. The van der Waals surface area contributed by atoms with Crippen molar-refractivity contribution < 1.29 is 40.2 Å². The minimum absolute atomic E-state index is 0.0371. The van der Waals surface area contributed by atoms with Gasteiger partial charge in [0.1, 0.15) is 0 Å². The first kappa shape index (κ1) is 63.7. The lowest BCUT2D eigenvalue weighted by molar-refractivity contribution is -0.133. The summed E-state index contributed by atoms with van der Waals surface area (Å²) >= 11 is 0. The van der Waals surface area contributed by atoms with Crippen LogP contribution in [0.25, 0.3) is 0 Å². The van der Waals surface area contributed by atoms with Gasteiger partial charge in [-0.25, -0.2) is 0 Å². The quantitative estimate of drug-likeness (QED) is 0.0259.